The number of aromatic nitrogens is 2. The van der Waals surface area contributed by atoms with Gasteiger partial charge in [-0.1, -0.05) is 0 Å². The number of hydrogen-bond acceptors (Lipinski definition) is 6. The molecule has 2 aromatic rings. The fourth-order valence-electron chi connectivity index (χ4n) is 3.60. The molecule has 0 unspecified atom stereocenters. The second kappa shape index (κ2) is 8.90. The molecule has 1 aliphatic heterocycles. The summed E-state index contributed by atoms with van der Waals surface area (Å²) in [6, 6.07) is 3.47. The highest BCUT2D eigenvalue weighted by Crippen LogP contribution is 2.30. The largest absolute Gasteiger partial charge is 0.481 e. The number of carbonyl (C=O) groups is 2. The molecule has 154 valence electrons. The van der Waals surface area contributed by atoms with Crippen LogP contribution in [0.3, 0.4) is 0 Å². The van der Waals surface area contributed by atoms with Crippen LogP contribution in [0.1, 0.15) is 52.7 Å². The van der Waals surface area contributed by atoms with E-state index in [2.05, 4.69) is 15.7 Å². The van der Waals surface area contributed by atoms with Crippen molar-refractivity contribution in [2.45, 2.75) is 38.0 Å². The quantitative estimate of drug-likeness (QED) is 0.753. The molecule has 0 bridgehead atoms. The van der Waals surface area contributed by atoms with Crippen molar-refractivity contribution in [1.29, 1.82) is 0 Å². The number of pyridine rings is 1. The van der Waals surface area contributed by atoms with Crippen LogP contribution < -0.4 is 10.1 Å². The molecule has 0 spiro atoms. The lowest BCUT2D eigenvalue weighted by Gasteiger charge is -2.31. The van der Waals surface area contributed by atoms with Crippen LogP contribution in [0.5, 0.6) is 5.88 Å². The SMILES string of the molecule is COc1ccc(C(=O)N2CCC[C@H](c3nc(CCNC(=O)C4CC4)cs3)C2)cn1. The molecule has 1 saturated heterocycles. The van der Waals surface area contributed by atoms with E-state index in [0.29, 0.717) is 24.5 Å². The van der Waals surface area contributed by atoms with Gasteiger partial charge in [0.15, 0.2) is 0 Å². The maximum atomic E-state index is 12.8. The summed E-state index contributed by atoms with van der Waals surface area (Å²) >= 11 is 1.66. The summed E-state index contributed by atoms with van der Waals surface area (Å²) in [5.41, 5.74) is 1.60. The fourth-order valence-corrected chi connectivity index (χ4v) is 4.58. The predicted octanol–water partition coefficient (Wildman–Crippen LogP) is 2.64. The summed E-state index contributed by atoms with van der Waals surface area (Å²) in [4.78, 5) is 35.4. The molecule has 8 heteroatoms. The standard InChI is InChI=1S/C21H26N4O3S/c1-28-18-7-6-15(11-23-18)21(27)25-10-2-3-16(12-25)20-24-17(13-29-20)8-9-22-19(26)14-4-5-14/h6-7,11,13-14,16H,2-5,8-10,12H2,1H3,(H,22,26)/t16-/m0/s1. The van der Waals surface area contributed by atoms with Crippen molar-refractivity contribution in [2.75, 3.05) is 26.7 Å². The molecule has 1 N–H and O–H groups in total. The molecule has 1 atom stereocenters. The first-order valence-electron chi connectivity index (χ1n) is 10.2. The van der Waals surface area contributed by atoms with Crippen molar-refractivity contribution in [1.82, 2.24) is 20.2 Å². The first-order valence-corrected chi connectivity index (χ1v) is 11.0. The highest BCUT2D eigenvalue weighted by molar-refractivity contribution is 7.09. The van der Waals surface area contributed by atoms with Gasteiger partial charge in [0.05, 0.1) is 23.4 Å². The zero-order chi connectivity index (χ0) is 20.2. The normalized spacial score (nSPS) is 19.1. The van der Waals surface area contributed by atoms with E-state index in [-0.39, 0.29) is 23.7 Å². The molecule has 0 radical (unpaired) electrons. The van der Waals surface area contributed by atoms with Crippen LogP contribution in [0.25, 0.3) is 0 Å². The van der Waals surface area contributed by atoms with E-state index in [4.69, 9.17) is 9.72 Å². The second-order valence-electron chi connectivity index (χ2n) is 7.67. The average molecular weight is 415 g/mol. The van der Waals surface area contributed by atoms with Crippen molar-refractivity contribution >= 4 is 23.2 Å². The van der Waals surface area contributed by atoms with Gasteiger partial charge in [-0.2, -0.15) is 0 Å². The fraction of sp³-hybridized carbons (Fsp3) is 0.524. The highest BCUT2D eigenvalue weighted by atomic mass is 32.1. The Bertz CT molecular complexity index is 863. The molecule has 2 aliphatic rings. The highest BCUT2D eigenvalue weighted by Gasteiger charge is 2.29. The summed E-state index contributed by atoms with van der Waals surface area (Å²) in [5, 5.41) is 6.15. The number of nitrogens with one attached hydrogen (secondary N) is 1. The Balaban J connectivity index is 1.32. The minimum atomic E-state index is 0.00409. The molecule has 2 fully saturated rings. The van der Waals surface area contributed by atoms with Gasteiger partial charge in [0.25, 0.3) is 5.91 Å². The molecule has 2 amide bonds. The van der Waals surface area contributed by atoms with Gasteiger partial charge in [0.1, 0.15) is 0 Å². The predicted molar refractivity (Wildman–Crippen MR) is 110 cm³/mol. The molecule has 0 aromatic carbocycles. The van der Waals surface area contributed by atoms with E-state index in [1.165, 1.54) is 0 Å². The first-order chi connectivity index (χ1) is 14.1. The number of likely N-dealkylation sites (tertiary alicyclic amines) is 1. The van der Waals surface area contributed by atoms with E-state index in [0.717, 1.165) is 49.4 Å². The molecule has 1 saturated carbocycles. The van der Waals surface area contributed by atoms with Crippen molar-refractivity contribution in [2.24, 2.45) is 5.92 Å². The maximum absolute atomic E-state index is 12.8. The molecule has 1 aliphatic carbocycles. The molecule has 29 heavy (non-hydrogen) atoms. The number of thiazole rings is 1. The topological polar surface area (TPSA) is 84.4 Å². The number of ether oxygens (including phenoxy) is 1. The summed E-state index contributed by atoms with van der Waals surface area (Å²) in [6.45, 7) is 2.07. The van der Waals surface area contributed by atoms with E-state index in [1.54, 1.807) is 36.8 Å². The third-order valence-electron chi connectivity index (χ3n) is 5.45. The third-order valence-corrected chi connectivity index (χ3v) is 6.50. The Morgan fingerprint density at radius 1 is 1.31 bits per heavy atom. The Morgan fingerprint density at radius 3 is 2.90 bits per heavy atom. The third kappa shape index (κ3) is 4.93. The average Bonchev–Trinajstić information content (AvgIpc) is 3.52. The molecule has 3 heterocycles. The van der Waals surface area contributed by atoms with Gasteiger partial charge in [-0.05, 0) is 31.7 Å². The van der Waals surface area contributed by atoms with Crippen LogP contribution in [-0.4, -0.2) is 53.4 Å². The van der Waals surface area contributed by atoms with Crippen LogP contribution in [-0.2, 0) is 11.2 Å². The monoisotopic (exact) mass is 414 g/mol. The number of hydrogen-bond donors (Lipinski definition) is 1. The van der Waals surface area contributed by atoms with Gasteiger partial charge in [-0.3, -0.25) is 9.59 Å². The van der Waals surface area contributed by atoms with E-state index in [9.17, 15) is 9.59 Å². The first kappa shape index (κ1) is 19.8. The molecule has 4 rings (SSSR count). The summed E-state index contributed by atoms with van der Waals surface area (Å²) < 4.78 is 5.06. The summed E-state index contributed by atoms with van der Waals surface area (Å²) in [6.07, 6.45) is 6.37. The van der Waals surface area contributed by atoms with Gasteiger partial charge >= 0.3 is 0 Å². The lowest BCUT2D eigenvalue weighted by atomic mass is 9.98. The van der Waals surface area contributed by atoms with Gasteiger partial charge in [0.2, 0.25) is 11.8 Å². The van der Waals surface area contributed by atoms with Crippen LogP contribution in [0.15, 0.2) is 23.7 Å². The summed E-state index contributed by atoms with van der Waals surface area (Å²) in [5.74, 6) is 1.19. The number of amides is 2. The van der Waals surface area contributed by atoms with Crippen molar-refractivity contribution in [3.63, 3.8) is 0 Å². The van der Waals surface area contributed by atoms with Gasteiger partial charge in [-0.25, -0.2) is 9.97 Å². The number of carbonyl (C=O) groups excluding carboxylic acids is 2. The molecular formula is C21H26N4O3S. The number of piperidine rings is 1. The van der Waals surface area contributed by atoms with E-state index in [1.807, 2.05) is 4.90 Å². The van der Waals surface area contributed by atoms with E-state index < -0.39 is 0 Å². The zero-order valence-corrected chi connectivity index (χ0v) is 17.4. The maximum Gasteiger partial charge on any atom is 0.255 e. The van der Waals surface area contributed by atoms with E-state index >= 15 is 0 Å². The Hall–Kier alpha value is -2.48. The Labute approximate surface area is 174 Å². The van der Waals surface area contributed by atoms with Gasteiger partial charge in [-0.15, -0.1) is 11.3 Å². The van der Waals surface area contributed by atoms with Crippen LogP contribution in [0.2, 0.25) is 0 Å². The molecule has 7 nitrogen and oxygen atoms in total. The van der Waals surface area contributed by atoms with Crippen molar-refractivity contribution in [3.05, 3.63) is 40.0 Å². The summed E-state index contributed by atoms with van der Waals surface area (Å²) in [7, 11) is 1.56. The van der Waals surface area contributed by atoms with Crippen LogP contribution >= 0.6 is 11.3 Å². The van der Waals surface area contributed by atoms with Crippen molar-refractivity contribution in [3.8, 4) is 5.88 Å². The zero-order valence-electron chi connectivity index (χ0n) is 16.6. The van der Waals surface area contributed by atoms with Crippen molar-refractivity contribution < 1.29 is 14.3 Å². The molecular weight excluding hydrogens is 388 g/mol. The smallest absolute Gasteiger partial charge is 0.255 e. The Kier molecular flexibility index (Phi) is 6.08. The van der Waals surface area contributed by atoms with Crippen LogP contribution in [0, 0.1) is 5.92 Å². The lowest BCUT2D eigenvalue weighted by Crippen LogP contribution is -2.39. The number of rotatable bonds is 7. The number of nitrogens with zero attached hydrogens (tertiary/aromatic N) is 3. The van der Waals surface area contributed by atoms with Gasteiger partial charge in [0, 0.05) is 55.5 Å². The second-order valence-corrected chi connectivity index (χ2v) is 8.56. The Morgan fingerprint density at radius 2 is 2.17 bits per heavy atom. The minimum absolute atomic E-state index is 0.00409. The van der Waals surface area contributed by atoms with Crippen LogP contribution in [0.4, 0.5) is 0 Å². The lowest BCUT2D eigenvalue weighted by molar-refractivity contribution is -0.122. The minimum Gasteiger partial charge on any atom is -0.481 e. The molecule has 2 aromatic heterocycles. The number of methoxy groups -OCH3 is 1. The van der Waals surface area contributed by atoms with Gasteiger partial charge < -0.3 is 15.0 Å².